The second-order valence-electron chi connectivity index (χ2n) is 5.31. The van der Waals surface area contributed by atoms with Crippen molar-refractivity contribution < 1.29 is 24.4 Å². The van der Waals surface area contributed by atoms with E-state index in [1.807, 2.05) is 0 Å². The van der Waals surface area contributed by atoms with Crippen molar-refractivity contribution in [3.05, 3.63) is 38.4 Å². The zero-order valence-corrected chi connectivity index (χ0v) is 11.9. The number of ether oxygens (including phenoxy) is 1. The van der Waals surface area contributed by atoms with E-state index in [0.717, 1.165) is 10.8 Å². The number of pyridine rings is 1. The number of nitrogens with one attached hydrogen (secondary N) is 1. The quantitative estimate of drug-likeness (QED) is 0.508. The zero-order valence-electron chi connectivity index (χ0n) is 11.9. The zero-order chi connectivity index (χ0) is 16.9. The molecular weight excluding hydrogens is 313 g/mol. The summed E-state index contributed by atoms with van der Waals surface area (Å²) in [6, 6.07) is 0. The molecule has 0 saturated carbocycles. The number of nitrogens with zero attached hydrogens (tertiary/aromatic N) is 2. The minimum atomic E-state index is -1.50. The van der Waals surface area contributed by atoms with Crippen molar-refractivity contribution in [2.24, 2.45) is 0 Å². The summed E-state index contributed by atoms with van der Waals surface area (Å²) in [4.78, 5) is 29.4. The van der Waals surface area contributed by atoms with Gasteiger partial charge in [-0.2, -0.15) is 4.98 Å². The monoisotopic (exact) mass is 327 g/mol. The summed E-state index contributed by atoms with van der Waals surface area (Å²) in [5.41, 5.74) is -2.02. The number of halogens is 1. The highest BCUT2D eigenvalue weighted by atomic mass is 19.1. The van der Waals surface area contributed by atoms with Crippen LogP contribution in [0.2, 0.25) is 0 Å². The number of hydrogen-bond acceptors (Lipinski definition) is 7. The molecule has 3 rings (SSSR count). The lowest BCUT2D eigenvalue weighted by Crippen LogP contribution is -2.36. The van der Waals surface area contributed by atoms with Gasteiger partial charge in [-0.25, -0.2) is 9.18 Å². The summed E-state index contributed by atoms with van der Waals surface area (Å²) in [6.45, 7) is 0.709. The van der Waals surface area contributed by atoms with E-state index in [2.05, 4.69) is 9.97 Å². The fourth-order valence-corrected chi connectivity index (χ4v) is 2.52. The molecule has 4 atom stereocenters. The molecule has 10 heteroatoms. The average molecular weight is 327 g/mol. The Morgan fingerprint density at radius 1 is 1.39 bits per heavy atom. The molecule has 4 N–H and O–H groups in total. The second-order valence-corrected chi connectivity index (χ2v) is 5.31. The van der Waals surface area contributed by atoms with E-state index >= 15 is 0 Å². The van der Waals surface area contributed by atoms with Crippen LogP contribution in [-0.4, -0.2) is 54.8 Å². The number of H-pyrrole nitrogens is 1. The lowest BCUT2D eigenvalue weighted by atomic mass is 10.1. The Morgan fingerprint density at radius 2 is 2.09 bits per heavy atom. The van der Waals surface area contributed by atoms with Crippen molar-refractivity contribution in [1.29, 1.82) is 0 Å². The summed E-state index contributed by atoms with van der Waals surface area (Å²) in [5.74, 6) is -0.850. The lowest BCUT2D eigenvalue weighted by Gasteiger charge is -2.17. The SMILES string of the molecule is Cc1c(F)c2cn([C@@H]3O[C@H](CO)C(O)[C@@H]3O)c(=O)nc2[nH]c1=O. The van der Waals surface area contributed by atoms with E-state index in [-0.39, 0.29) is 16.6 Å². The van der Waals surface area contributed by atoms with E-state index < -0.39 is 48.2 Å². The molecule has 2 aromatic heterocycles. The highest BCUT2D eigenvalue weighted by Gasteiger charge is 2.43. The highest BCUT2D eigenvalue weighted by molar-refractivity contribution is 5.74. The summed E-state index contributed by atoms with van der Waals surface area (Å²) >= 11 is 0. The second kappa shape index (κ2) is 5.49. The van der Waals surface area contributed by atoms with Crippen LogP contribution >= 0.6 is 0 Å². The minimum absolute atomic E-state index is 0.139. The van der Waals surface area contributed by atoms with Crippen LogP contribution in [-0.2, 0) is 4.74 Å². The number of fused-ring (bicyclic) bond motifs is 1. The fraction of sp³-hybridized carbons (Fsp3) is 0.462. The van der Waals surface area contributed by atoms with Gasteiger partial charge in [-0.15, -0.1) is 0 Å². The van der Waals surface area contributed by atoms with Crippen LogP contribution < -0.4 is 11.2 Å². The van der Waals surface area contributed by atoms with Crippen LogP contribution in [0, 0.1) is 12.7 Å². The standard InChI is InChI=1S/C13H14FN3O6/c1-4-7(14)5-2-17(13(22)16-10(5)15-11(4)21)12-9(20)8(19)6(3-18)23-12/h2,6,8-9,12,18-20H,3H2,1H3,(H,15,16,21,22)/t6-,8?,9+,12-/m1/s1. The van der Waals surface area contributed by atoms with Crippen molar-refractivity contribution in [2.75, 3.05) is 6.61 Å². The number of aromatic amines is 1. The summed E-state index contributed by atoms with van der Waals surface area (Å²) in [5, 5.41) is 28.6. The first-order chi connectivity index (χ1) is 10.8. The Morgan fingerprint density at radius 3 is 2.70 bits per heavy atom. The largest absolute Gasteiger partial charge is 0.394 e. The van der Waals surface area contributed by atoms with E-state index in [1.54, 1.807) is 0 Å². The Hall–Kier alpha value is -2.14. The lowest BCUT2D eigenvalue weighted by molar-refractivity contribution is -0.0547. The molecule has 124 valence electrons. The van der Waals surface area contributed by atoms with Gasteiger partial charge in [0.05, 0.1) is 17.6 Å². The molecule has 3 heterocycles. The first-order valence-corrected chi connectivity index (χ1v) is 6.79. The molecule has 1 aliphatic heterocycles. The molecule has 0 bridgehead atoms. The summed E-state index contributed by atoms with van der Waals surface area (Å²) < 4.78 is 20.2. The van der Waals surface area contributed by atoms with Gasteiger partial charge >= 0.3 is 5.69 Å². The van der Waals surface area contributed by atoms with Gasteiger partial charge in [0.15, 0.2) is 6.23 Å². The molecule has 1 saturated heterocycles. The van der Waals surface area contributed by atoms with Gasteiger partial charge in [-0.1, -0.05) is 0 Å². The third-order valence-corrected chi connectivity index (χ3v) is 3.88. The van der Waals surface area contributed by atoms with Crippen LogP contribution in [0.4, 0.5) is 4.39 Å². The fourth-order valence-electron chi connectivity index (χ4n) is 2.52. The van der Waals surface area contributed by atoms with E-state index in [1.165, 1.54) is 6.92 Å². The summed E-state index contributed by atoms with van der Waals surface area (Å²) in [6.07, 6.45) is -4.28. The van der Waals surface area contributed by atoms with Gasteiger partial charge in [0.2, 0.25) is 0 Å². The molecule has 0 amide bonds. The molecule has 23 heavy (non-hydrogen) atoms. The van der Waals surface area contributed by atoms with Gasteiger partial charge < -0.3 is 25.0 Å². The van der Waals surface area contributed by atoms with Crippen LogP contribution in [0.25, 0.3) is 11.0 Å². The first-order valence-electron chi connectivity index (χ1n) is 6.79. The molecule has 0 radical (unpaired) electrons. The van der Waals surface area contributed by atoms with Gasteiger partial charge in [0, 0.05) is 6.20 Å². The molecule has 1 unspecified atom stereocenters. The van der Waals surface area contributed by atoms with Gasteiger partial charge in [0.25, 0.3) is 5.56 Å². The van der Waals surface area contributed by atoms with Crippen molar-refractivity contribution in [3.8, 4) is 0 Å². The summed E-state index contributed by atoms with van der Waals surface area (Å²) in [7, 11) is 0. The van der Waals surface area contributed by atoms with Gasteiger partial charge in [-0.05, 0) is 6.92 Å². The number of aliphatic hydroxyl groups is 3. The first kappa shape index (κ1) is 15.7. The van der Waals surface area contributed by atoms with Crippen molar-refractivity contribution in [2.45, 2.75) is 31.5 Å². The Bertz CT molecular complexity index is 878. The molecular formula is C13H14FN3O6. The normalized spacial score (nSPS) is 27.7. The van der Waals surface area contributed by atoms with Gasteiger partial charge in [-0.3, -0.25) is 9.36 Å². The molecule has 2 aromatic rings. The van der Waals surface area contributed by atoms with Crippen molar-refractivity contribution >= 4 is 11.0 Å². The van der Waals surface area contributed by atoms with Crippen molar-refractivity contribution in [1.82, 2.24) is 14.5 Å². The maximum atomic E-state index is 14.2. The minimum Gasteiger partial charge on any atom is -0.394 e. The Kier molecular flexibility index (Phi) is 3.76. The Balaban J connectivity index is 2.18. The smallest absolute Gasteiger partial charge is 0.351 e. The number of aliphatic hydroxyl groups excluding tert-OH is 3. The van der Waals surface area contributed by atoms with E-state index in [0.29, 0.717) is 0 Å². The van der Waals surface area contributed by atoms with Crippen LogP contribution in [0.15, 0.2) is 15.8 Å². The number of rotatable bonds is 2. The third kappa shape index (κ3) is 2.36. The Labute approximate surface area is 127 Å². The number of aromatic nitrogens is 3. The maximum absolute atomic E-state index is 14.2. The third-order valence-electron chi connectivity index (χ3n) is 3.88. The highest BCUT2D eigenvalue weighted by Crippen LogP contribution is 2.28. The molecule has 9 nitrogen and oxygen atoms in total. The topological polar surface area (TPSA) is 138 Å². The van der Waals surface area contributed by atoms with Crippen LogP contribution in [0.1, 0.15) is 11.8 Å². The van der Waals surface area contributed by atoms with E-state index in [9.17, 15) is 24.2 Å². The molecule has 1 aliphatic rings. The predicted molar refractivity (Wildman–Crippen MR) is 74.3 cm³/mol. The van der Waals surface area contributed by atoms with Crippen molar-refractivity contribution in [3.63, 3.8) is 0 Å². The molecule has 0 aliphatic carbocycles. The molecule has 0 aromatic carbocycles. The molecule has 1 fully saturated rings. The average Bonchev–Trinajstić information content (AvgIpc) is 2.80. The maximum Gasteiger partial charge on any atom is 0.351 e. The van der Waals surface area contributed by atoms with Crippen LogP contribution in [0.3, 0.4) is 0 Å². The number of hydrogen-bond donors (Lipinski definition) is 4. The molecule has 0 spiro atoms. The van der Waals surface area contributed by atoms with Gasteiger partial charge in [0.1, 0.15) is 29.8 Å². The predicted octanol–water partition coefficient (Wildman–Crippen LogP) is -1.86. The van der Waals surface area contributed by atoms with E-state index in [4.69, 9.17) is 9.84 Å². The van der Waals surface area contributed by atoms with Crippen LogP contribution in [0.5, 0.6) is 0 Å².